The molecule has 2 aromatic rings. The van der Waals surface area contributed by atoms with Crippen molar-refractivity contribution >= 4 is 28.6 Å². The third-order valence-electron chi connectivity index (χ3n) is 8.23. The Morgan fingerprint density at radius 2 is 1.61 bits per heavy atom. The molecular formula is C28H48ClN7. The summed E-state index contributed by atoms with van der Waals surface area (Å²) in [5.41, 5.74) is 5.22. The highest BCUT2D eigenvalue weighted by Gasteiger charge is 2.24. The van der Waals surface area contributed by atoms with Gasteiger partial charge >= 0.3 is 0 Å². The fraction of sp³-hybridized carbons (Fsp3) is 0.821. The first-order valence-electron chi connectivity index (χ1n) is 14.8. The number of aromatic nitrogens is 4. The molecule has 1 saturated heterocycles. The second kappa shape index (κ2) is 14.5. The SMILES string of the molecule is CCCCN(CCCC)CCCCCC1CCN(Nc2nc(Cl)nc3c2ncn3C2CCCC2)CC1. The fourth-order valence-electron chi connectivity index (χ4n) is 5.94. The number of hydrogen-bond donors (Lipinski definition) is 1. The molecule has 1 aliphatic heterocycles. The van der Waals surface area contributed by atoms with Crippen molar-refractivity contribution in [1.82, 2.24) is 29.4 Å². The largest absolute Gasteiger partial charge is 0.312 e. The molecule has 1 N–H and O–H groups in total. The van der Waals surface area contributed by atoms with Crippen LogP contribution in [-0.2, 0) is 0 Å². The van der Waals surface area contributed by atoms with Crippen LogP contribution in [0.3, 0.4) is 0 Å². The lowest BCUT2D eigenvalue weighted by molar-refractivity contribution is 0.205. The van der Waals surface area contributed by atoms with Gasteiger partial charge in [0.1, 0.15) is 0 Å². The number of hydrogen-bond acceptors (Lipinski definition) is 6. The van der Waals surface area contributed by atoms with Crippen molar-refractivity contribution in [2.45, 2.75) is 110 Å². The number of halogens is 1. The number of nitrogens with zero attached hydrogens (tertiary/aromatic N) is 6. The minimum Gasteiger partial charge on any atom is -0.312 e. The lowest BCUT2D eigenvalue weighted by Gasteiger charge is -2.32. The molecule has 2 aromatic heterocycles. The average molecular weight is 518 g/mol. The van der Waals surface area contributed by atoms with E-state index in [0.717, 1.165) is 36.0 Å². The normalized spacial score (nSPS) is 18.1. The summed E-state index contributed by atoms with van der Waals surface area (Å²) < 4.78 is 2.21. The number of rotatable bonds is 15. The quantitative estimate of drug-likeness (QED) is 0.201. The molecule has 2 fully saturated rings. The molecule has 0 atom stereocenters. The van der Waals surface area contributed by atoms with Crippen LogP contribution in [0.1, 0.15) is 110 Å². The summed E-state index contributed by atoms with van der Waals surface area (Å²) in [6, 6.07) is 0.486. The summed E-state index contributed by atoms with van der Waals surface area (Å²) in [6.45, 7) is 10.5. The Balaban J connectivity index is 1.19. The third-order valence-corrected chi connectivity index (χ3v) is 8.40. The maximum atomic E-state index is 6.33. The summed E-state index contributed by atoms with van der Waals surface area (Å²) in [7, 11) is 0. The summed E-state index contributed by atoms with van der Waals surface area (Å²) >= 11 is 6.33. The Kier molecular flexibility index (Phi) is 11.1. The third kappa shape index (κ3) is 7.78. The molecule has 36 heavy (non-hydrogen) atoms. The van der Waals surface area contributed by atoms with Crippen LogP contribution in [0, 0.1) is 5.92 Å². The molecule has 0 spiro atoms. The topological polar surface area (TPSA) is 62.1 Å². The van der Waals surface area contributed by atoms with E-state index in [0.29, 0.717) is 11.3 Å². The molecular weight excluding hydrogens is 470 g/mol. The van der Waals surface area contributed by atoms with Gasteiger partial charge in [0.25, 0.3) is 0 Å². The van der Waals surface area contributed by atoms with Crippen molar-refractivity contribution in [3.05, 3.63) is 11.6 Å². The van der Waals surface area contributed by atoms with Crippen molar-refractivity contribution in [2.24, 2.45) is 5.92 Å². The minimum atomic E-state index is 0.294. The van der Waals surface area contributed by atoms with E-state index in [2.05, 4.69) is 48.7 Å². The Morgan fingerprint density at radius 3 is 2.31 bits per heavy atom. The number of piperidine rings is 1. The number of fused-ring (bicyclic) bond motifs is 1. The Bertz CT molecular complexity index is 895. The lowest BCUT2D eigenvalue weighted by Crippen LogP contribution is -2.38. The standard InChI is InChI=1S/C28H48ClN7/c1-3-5-17-34(18-6-4-2)19-11-7-8-12-23-15-20-35(21-16-23)33-26-25-27(32-28(29)31-26)36(22-30-25)24-13-9-10-14-24/h22-24H,3-21H2,1-2H3,(H,31,32,33). The van der Waals surface area contributed by atoms with E-state index in [4.69, 9.17) is 11.6 Å². The molecule has 0 bridgehead atoms. The molecule has 8 heteroatoms. The van der Waals surface area contributed by atoms with Gasteiger partial charge in [-0.05, 0) is 82.1 Å². The average Bonchev–Trinajstić information content (AvgIpc) is 3.56. The van der Waals surface area contributed by atoms with Crippen LogP contribution < -0.4 is 5.43 Å². The first-order valence-corrected chi connectivity index (χ1v) is 15.2. The molecule has 202 valence electrons. The molecule has 7 nitrogen and oxygen atoms in total. The van der Waals surface area contributed by atoms with E-state index in [1.807, 2.05) is 6.33 Å². The monoisotopic (exact) mass is 517 g/mol. The molecule has 0 aromatic carbocycles. The highest BCUT2D eigenvalue weighted by molar-refractivity contribution is 6.28. The zero-order chi connectivity index (χ0) is 25.2. The number of anilines is 1. The summed E-state index contributed by atoms with van der Waals surface area (Å²) in [5.74, 6) is 1.59. The van der Waals surface area contributed by atoms with Gasteiger partial charge in [0.15, 0.2) is 17.0 Å². The second-order valence-electron chi connectivity index (χ2n) is 11.0. The summed E-state index contributed by atoms with van der Waals surface area (Å²) in [6.07, 6.45) is 20.1. The van der Waals surface area contributed by atoms with E-state index < -0.39 is 0 Å². The Labute approximate surface area is 223 Å². The number of imidazole rings is 1. The van der Waals surface area contributed by atoms with Gasteiger partial charge in [0, 0.05) is 19.1 Å². The van der Waals surface area contributed by atoms with E-state index in [1.54, 1.807) is 0 Å². The van der Waals surface area contributed by atoms with Crippen molar-refractivity contribution < 1.29 is 0 Å². The molecule has 0 amide bonds. The molecule has 0 radical (unpaired) electrons. The van der Waals surface area contributed by atoms with Gasteiger partial charge in [0.2, 0.25) is 5.28 Å². The lowest BCUT2D eigenvalue weighted by atomic mass is 9.92. The smallest absolute Gasteiger partial charge is 0.226 e. The zero-order valence-electron chi connectivity index (χ0n) is 22.7. The highest BCUT2D eigenvalue weighted by Crippen LogP contribution is 2.33. The molecule has 3 heterocycles. The van der Waals surface area contributed by atoms with Gasteiger partial charge in [-0.25, -0.2) is 9.99 Å². The van der Waals surface area contributed by atoms with E-state index in [1.165, 1.54) is 110 Å². The predicted molar refractivity (Wildman–Crippen MR) is 150 cm³/mol. The van der Waals surface area contributed by atoms with Crippen LogP contribution in [0.15, 0.2) is 6.33 Å². The molecule has 0 unspecified atom stereocenters. The van der Waals surface area contributed by atoms with Crippen molar-refractivity contribution in [2.75, 3.05) is 38.1 Å². The predicted octanol–water partition coefficient (Wildman–Crippen LogP) is 7.10. The maximum absolute atomic E-state index is 6.33. The van der Waals surface area contributed by atoms with Crippen LogP contribution >= 0.6 is 11.6 Å². The number of nitrogens with one attached hydrogen (secondary N) is 1. The van der Waals surface area contributed by atoms with Gasteiger partial charge < -0.3 is 14.9 Å². The van der Waals surface area contributed by atoms with Crippen molar-refractivity contribution in [3.63, 3.8) is 0 Å². The van der Waals surface area contributed by atoms with Gasteiger partial charge in [-0.3, -0.25) is 0 Å². The van der Waals surface area contributed by atoms with Crippen molar-refractivity contribution in [3.8, 4) is 0 Å². The zero-order valence-corrected chi connectivity index (χ0v) is 23.5. The van der Waals surface area contributed by atoms with Crippen LogP contribution in [0.25, 0.3) is 11.2 Å². The Hall–Kier alpha value is -1.44. The second-order valence-corrected chi connectivity index (χ2v) is 11.4. The summed E-state index contributed by atoms with van der Waals surface area (Å²) in [5, 5.41) is 2.59. The van der Waals surface area contributed by atoms with Crippen LogP contribution in [0.2, 0.25) is 5.28 Å². The first kappa shape index (κ1) is 27.6. The molecule has 4 rings (SSSR count). The van der Waals surface area contributed by atoms with Gasteiger partial charge in [-0.2, -0.15) is 9.97 Å². The van der Waals surface area contributed by atoms with Crippen LogP contribution in [0.4, 0.5) is 5.82 Å². The maximum Gasteiger partial charge on any atom is 0.226 e. The van der Waals surface area contributed by atoms with E-state index in [9.17, 15) is 0 Å². The molecule has 1 saturated carbocycles. The first-order chi connectivity index (χ1) is 17.7. The van der Waals surface area contributed by atoms with Crippen LogP contribution in [0.5, 0.6) is 0 Å². The van der Waals surface area contributed by atoms with Crippen molar-refractivity contribution in [1.29, 1.82) is 0 Å². The van der Waals surface area contributed by atoms with Gasteiger partial charge in [-0.15, -0.1) is 0 Å². The number of hydrazine groups is 1. The van der Waals surface area contributed by atoms with Gasteiger partial charge in [-0.1, -0.05) is 58.8 Å². The Morgan fingerprint density at radius 1 is 0.917 bits per heavy atom. The minimum absolute atomic E-state index is 0.294. The fourth-order valence-corrected chi connectivity index (χ4v) is 6.11. The summed E-state index contributed by atoms with van der Waals surface area (Å²) in [4.78, 5) is 16.4. The highest BCUT2D eigenvalue weighted by atomic mass is 35.5. The van der Waals surface area contributed by atoms with E-state index >= 15 is 0 Å². The van der Waals surface area contributed by atoms with Crippen LogP contribution in [-0.4, -0.2) is 62.2 Å². The van der Waals surface area contributed by atoms with Gasteiger partial charge in [0.05, 0.1) is 6.33 Å². The molecule has 2 aliphatic rings. The van der Waals surface area contributed by atoms with E-state index in [-0.39, 0.29) is 0 Å². The number of unbranched alkanes of at least 4 members (excludes halogenated alkanes) is 4. The molecule has 1 aliphatic carbocycles.